The van der Waals surface area contributed by atoms with Crippen LogP contribution in [0.5, 0.6) is 0 Å². The van der Waals surface area contributed by atoms with Gasteiger partial charge < -0.3 is 4.74 Å². The van der Waals surface area contributed by atoms with E-state index in [4.69, 9.17) is 4.74 Å². The van der Waals surface area contributed by atoms with Crippen LogP contribution in [0.3, 0.4) is 0 Å². The van der Waals surface area contributed by atoms with E-state index in [1.54, 1.807) is 37.3 Å². The summed E-state index contributed by atoms with van der Waals surface area (Å²) in [6.45, 7) is 5.02. The number of nitrogens with one attached hydrogen (secondary N) is 1. The molecule has 1 N–H and O–H groups in total. The maximum Gasteiger partial charge on any atom is 0.327 e. The third-order valence-corrected chi connectivity index (χ3v) is 6.69. The lowest BCUT2D eigenvalue weighted by Crippen LogP contribution is -2.56. The van der Waals surface area contributed by atoms with Crippen molar-refractivity contribution in [2.45, 2.75) is 45.2 Å². The second kappa shape index (κ2) is 9.10. The lowest BCUT2D eigenvalue weighted by molar-refractivity contribution is -0.155. The molecule has 8 heteroatoms. The number of hydrogen-bond acceptors (Lipinski definition) is 6. The fourth-order valence-electron chi connectivity index (χ4n) is 5.29. The molecule has 0 unspecified atom stereocenters. The Balaban J connectivity index is 1.88. The number of carbonyl (C=O) groups excluding carboxylic acids is 4. The Morgan fingerprint density at radius 3 is 2.47 bits per heavy atom. The summed E-state index contributed by atoms with van der Waals surface area (Å²) >= 11 is 0. The van der Waals surface area contributed by atoms with Crippen LogP contribution in [-0.2, 0) is 19.1 Å². The molecule has 4 atom stereocenters. The average Bonchev–Trinajstić information content (AvgIpc) is 3.29. The molecular formula is C26H27FN2O5. The van der Waals surface area contributed by atoms with E-state index >= 15 is 0 Å². The maximum atomic E-state index is 14.9. The zero-order valence-corrected chi connectivity index (χ0v) is 19.3. The van der Waals surface area contributed by atoms with Gasteiger partial charge in [0.2, 0.25) is 11.8 Å². The molecule has 2 aliphatic heterocycles. The Morgan fingerprint density at radius 2 is 1.82 bits per heavy atom. The van der Waals surface area contributed by atoms with Crippen LogP contribution in [0.1, 0.15) is 55.6 Å². The number of amides is 2. The predicted molar refractivity (Wildman–Crippen MR) is 122 cm³/mol. The highest BCUT2D eigenvalue weighted by atomic mass is 19.1. The Labute approximate surface area is 197 Å². The van der Waals surface area contributed by atoms with Crippen LogP contribution in [-0.4, -0.2) is 35.7 Å². The van der Waals surface area contributed by atoms with Gasteiger partial charge in [0, 0.05) is 17.2 Å². The molecule has 4 rings (SSSR count). The van der Waals surface area contributed by atoms with E-state index in [9.17, 15) is 23.6 Å². The van der Waals surface area contributed by atoms with Crippen LogP contribution in [0.15, 0.2) is 48.5 Å². The molecular weight excluding hydrogens is 439 g/mol. The number of ketones is 1. The third-order valence-electron chi connectivity index (χ3n) is 6.69. The fourth-order valence-corrected chi connectivity index (χ4v) is 5.29. The Hall–Kier alpha value is -3.39. The first-order valence-electron chi connectivity index (χ1n) is 11.4. The van der Waals surface area contributed by atoms with Crippen LogP contribution in [0.25, 0.3) is 0 Å². The maximum absolute atomic E-state index is 14.9. The molecule has 2 amide bonds. The van der Waals surface area contributed by atoms with Crippen molar-refractivity contribution in [1.29, 1.82) is 0 Å². The number of fused-ring (bicyclic) bond motifs is 1. The molecule has 2 saturated heterocycles. The summed E-state index contributed by atoms with van der Waals surface area (Å²) in [5.41, 5.74) is -0.676. The monoisotopic (exact) mass is 466 g/mol. The number of anilines is 1. The number of esters is 1. The molecule has 0 aliphatic carbocycles. The summed E-state index contributed by atoms with van der Waals surface area (Å²) < 4.78 is 20.2. The summed E-state index contributed by atoms with van der Waals surface area (Å²) in [5.74, 6) is -4.58. The minimum absolute atomic E-state index is 0.0975. The van der Waals surface area contributed by atoms with E-state index in [1.807, 2.05) is 6.92 Å². The average molecular weight is 467 g/mol. The highest BCUT2D eigenvalue weighted by molar-refractivity contribution is 6.24. The quantitative estimate of drug-likeness (QED) is 0.381. The zero-order valence-electron chi connectivity index (χ0n) is 19.3. The molecule has 0 spiro atoms. The smallest absolute Gasteiger partial charge is 0.327 e. The van der Waals surface area contributed by atoms with Crippen LogP contribution in [0.2, 0.25) is 0 Å². The highest BCUT2D eigenvalue weighted by Crippen LogP contribution is 2.52. The molecule has 34 heavy (non-hydrogen) atoms. The molecule has 2 aromatic rings. The summed E-state index contributed by atoms with van der Waals surface area (Å²) in [4.78, 5) is 53.8. The molecule has 7 nitrogen and oxygen atoms in total. The summed E-state index contributed by atoms with van der Waals surface area (Å²) in [7, 11) is 0. The van der Waals surface area contributed by atoms with Crippen LogP contribution < -0.4 is 10.2 Å². The molecule has 0 radical (unpaired) electrons. The van der Waals surface area contributed by atoms with Crippen LogP contribution in [0, 0.1) is 17.7 Å². The van der Waals surface area contributed by atoms with Gasteiger partial charge in [0.25, 0.3) is 0 Å². The first-order valence-corrected chi connectivity index (χ1v) is 11.4. The van der Waals surface area contributed by atoms with Gasteiger partial charge in [-0.15, -0.1) is 0 Å². The number of nitrogens with zero attached hydrogens (tertiary/aromatic N) is 1. The van der Waals surface area contributed by atoms with E-state index in [2.05, 4.69) is 5.32 Å². The number of hydrogen-bond donors (Lipinski definition) is 1. The Bertz CT molecular complexity index is 1170. The van der Waals surface area contributed by atoms with E-state index in [0.29, 0.717) is 12.0 Å². The molecule has 0 saturated carbocycles. The van der Waals surface area contributed by atoms with Crippen molar-refractivity contribution in [2.75, 3.05) is 11.5 Å². The topological polar surface area (TPSA) is 92.8 Å². The number of halogens is 1. The van der Waals surface area contributed by atoms with Crippen LogP contribution >= 0.6 is 0 Å². The fraction of sp³-hybridized carbons (Fsp3) is 0.385. The van der Waals surface area contributed by atoms with Crippen molar-refractivity contribution < 1.29 is 28.3 Å². The lowest BCUT2D eigenvalue weighted by Gasteiger charge is -2.32. The molecule has 0 bridgehead atoms. The van der Waals surface area contributed by atoms with Crippen molar-refractivity contribution in [3.63, 3.8) is 0 Å². The van der Waals surface area contributed by atoms with Gasteiger partial charge in [-0.05, 0) is 38.5 Å². The first kappa shape index (κ1) is 23.8. The zero-order chi connectivity index (χ0) is 24.6. The van der Waals surface area contributed by atoms with Gasteiger partial charge in [0.1, 0.15) is 11.4 Å². The van der Waals surface area contributed by atoms with Crippen molar-refractivity contribution in [1.82, 2.24) is 5.32 Å². The third kappa shape index (κ3) is 3.62. The van der Waals surface area contributed by atoms with E-state index < -0.39 is 47.0 Å². The largest absolute Gasteiger partial charge is 0.465 e. The van der Waals surface area contributed by atoms with Gasteiger partial charge in [-0.3, -0.25) is 24.5 Å². The predicted octanol–water partition coefficient (Wildman–Crippen LogP) is 3.58. The molecule has 2 aliphatic rings. The summed E-state index contributed by atoms with van der Waals surface area (Å²) in [6, 6.07) is 11.4. The number of benzene rings is 2. The van der Waals surface area contributed by atoms with Gasteiger partial charge in [0.15, 0.2) is 5.78 Å². The summed E-state index contributed by atoms with van der Waals surface area (Å²) in [6.07, 6.45) is 0.763. The lowest BCUT2D eigenvalue weighted by atomic mass is 9.77. The number of rotatable bonds is 7. The van der Waals surface area contributed by atoms with Gasteiger partial charge in [-0.2, -0.15) is 0 Å². The number of carbonyl (C=O) groups is 4. The normalized spacial score (nSPS) is 26.0. The molecule has 0 aromatic heterocycles. The van der Waals surface area contributed by atoms with Crippen LogP contribution in [0.4, 0.5) is 10.1 Å². The SMILES string of the molecule is CCC[C@]1(C(=O)OCC)N[C@H](c2ccccc2F)[C@H]2C(=O)N(c3cccc(C(C)=O)c3)C(=O)[C@H]21. The Morgan fingerprint density at radius 1 is 1.09 bits per heavy atom. The van der Waals surface area contributed by atoms with E-state index in [-0.39, 0.29) is 30.1 Å². The molecule has 178 valence electrons. The van der Waals surface area contributed by atoms with Gasteiger partial charge in [-0.25, -0.2) is 9.29 Å². The second-order valence-corrected chi connectivity index (χ2v) is 8.71. The van der Waals surface area contributed by atoms with Gasteiger partial charge in [0.05, 0.1) is 24.1 Å². The van der Waals surface area contributed by atoms with Gasteiger partial charge >= 0.3 is 5.97 Å². The van der Waals surface area contributed by atoms with Crippen molar-refractivity contribution in [2.24, 2.45) is 11.8 Å². The highest BCUT2D eigenvalue weighted by Gasteiger charge is 2.68. The minimum atomic E-state index is -1.48. The standard InChI is InChI=1S/C26H27FN2O5/c1-4-13-26(25(33)34-5-2)21-20(22(28-26)18-11-6-7-12-19(18)27)23(31)29(24(21)32)17-10-8-9-16(14-17)15(3)30/h6-12,14,20-22,28H,4-5,13H2,1-3H3/t20-,21-,22+,26-/m0/s1. The minimum Gasteiger partial charge on any atom is -0.465 e. The number of Topliss-reactive ketones (excluding diaryl/α,β-unsaturated/α-hetero) is 1. The van der Waals surface area contributed by atoms with E-state index in [0.717, 1.165) is 4.90 Å². The number of imide groups is 1. The summed E-state index contributed by atoms with van der Waals surface area (Å²) in [5, 5.41) is 3.17. The molecule has 2 fully saturated rings. The second-order valence-electron chi connectivity index (χ2n) is 8.71. The van der Waals surface area contributed by atoms with Gasteiger partial charge in [-0.1, -0.05) is 43.7 Å². The van der Waals surface area contributed by atoms with E-state index in [1.165, 1.54) is 25.1 Å². The number of ether oxygens (including phenoxy) is 1. The Kier molecular flexibility index (Phi) is 6.36. The molecule has 2 heterocycles. The van der Waals surface area contributed by atoms with Crippen molar-refractivity contribution in [3.05, 3.63) is 65.5 Å². The van der Waals surface area contributed by atoms with Crippen molar-refractivity contribution in [3.8, 4) is 0 Å². The molecule has 2 aromatic carbocycles. The first-order chi connectivity index (χ1) is 16.3. The van der Waals surface area contributed by atoms with Crippen molar-refractivity contribution >= 4 is 29.3 Å².